The van der Waals surface area contributed by atoms with Crippen LogP contribution in [0.1, 0.15) is 6.23 Å². The van der Waals surface area contributed by atoms with E-state index in [9.17, 15) is 9.59 Å². The summed E-state index contributed by atoms with van der Waals surface area (Å²) in [7, 11) is 0. The summed E-state index contributed by atoms with van der Waals surface area (Å²) >= 11 is 0. The minimum Gasteiger partial charge on any atom is -0.394 e. The first-order chi connectivity index (χ1) is 8.20. The molecule has 1 aromatic heterocycles. The van der Waals surface area contributed by atoms with Crippen molar-refractivity contribution in [2.45, 2.75) is 24.4 Å². The van der Waals surface area contributed by atoms with E-state index in [2.05, 4.69) is 15.8 Å². The number of hydrogen-bond acceptors (Lipinski definition) is 6. The van der Waals surface area contributed by atoms with Gasteiger partial charge in [-0.25, -0.2) is 15.6 Å². The smallest absolute Gasteiger partial charge is 0.330 e. The van der Waals surface area contributed by atoms with Crippen molar-refractivity contribution in [1.82, 2.24) is 20.4 Å². The lowest BCUT2D eigenvalue weighted by atomic mass is 10.0. The molecular weight excluding hydrogens is 228 g/mol. The number of hydrogen-bond donors (Lipinski definition) is 4. The fourth-order valence-corrected chi connectivity index (χ4v) is 2.22. The second kappa shape index (κ2) is 3.77. The molecule has 8 heteroatoms. The number of aromatic nitrogens is 2. The molecule has 0 amide bonds. The molecular formula is C9H12N4O4. The molecule has 0 radical (unpaired) electrons. The van der Waals surface area contributed by atoms with Gasteiger partial charge in [0.25, 0.3) is 5.56 Å². The third-order valence-corrected chi connectivity index (χ3v) is 3.13. The number of H-pyrrole nitrogens is 1. The molecule has 8 nitrogen and oxygen atoms in total. The third-order valence-electron chi connectivity index (χ3n) is 3.13. The zero-order valence-corrected chi connectivity index (χ0v) is 8.79. The third kappa shape index (κ3) is 1.53. The van der Waals surface area contributed by atoms with Gasteiger partial charge >= 0.3 is 5.69 Å². The van der Waals surface area contributed by atoms with Gasteiger partial charge < -0.3 is 9.84 Å². The molecule has 0 unspecified atom stereocenters. The Morgan fingerprint density at radius 3 is 2.65 bits per heavy atom. The lowest BCUT2D eigenvalue weighted by molar-refractivity contribution is -0.0269. The van der Waals surface area contributed by atoms with Crippen molar-refractivity contribution in [3.63, 3.8) is 0 Å². The molecule has 0 aliphatic carbocycles. The van der Waals surface area contributed by atoms with Crippen LogP contribution in [0.5, 0.6) is 0 Å². The molecule has 1 aromatic rings. The fraction of sp³-hybridized carbons (Fsp3) is 0.556. The predicted molar refractivity (Wildman–Crippen MR) is 56.2 cm³/mol. The van der Waals surface area contributed by atoms with Gasteiger partial charge in [0.05, 0.1) is 18.7 Å². The van der Waals surface area contributed by atoms with Crippen molar-refractivity contribution in [3.05, 3.63) is 33.1 Å². The van der Waals surface area contributed by atoms with Gasteiger partial charge in [-0.05, 0) is 0 Å². The summed E-state index contributed by atoms with van der Waals surface area (Å²) in [5, 5.41) is 9.13. The van der Waals surface area contributed by atoms with Crippen LogP contribution in [0.4, 0.5) is 0 Å². The fourth-order valence-electron chi connectivity index (χ4n) is 2.22. The number of nitrogens with zero attached hydrogens (tertiary/aromatic N) is 1. The van der Waals surface area contributed by atoms with E-state index in [1.165, 1.54) is 16.8 Å². The molecule has 2 aliphatic rings. The van der Waals surface area contributed by atoms with Gasteiger partial charge in [-0.2, -0.15) is 0 Å². The average molecular weight is 240 g/mol. The second-order valence-corrected chi connectivity index (χ2v) is 4.11. The highest BCUT2D eigenvalue weighted by atomic mass is 16.5. The van der Waals surface area contributed by atoms with Crippen LogP contribution in [0, 0.1) is 0 Å². The lowest BCUT2D eigenvalue weighted by Gasteiger charge is -2.36. The number of fused-ring (bicyclic) bond motifs is 1. The molecule has 3 heterocycles. The topological polar surface area (TPSA) is 108 Å². The minimum absolute atomic E-state index is 0.0242. The van der Waals surface area contributed by atoms with Gasteiger partial charge in [-0.3, -0.25) is 14.3 Å². The molecule has 0 spiro atoms. The Morgan fingerprint density at radius 1 is 1.35 bits per heavy atom. The van der Waals surface area contributed by atoms with Gasteiger partial charge in [0.15, 0.2) is 6.23 Å². The van der Waals surface area contributed by atoms with Crippen LogP contribution >= 0.6 is 0 Å². The van der Waals surface area contributed by atoms with Crippen molar-refractivity contribution >= 4 is 0 Å². The van der Waals surface area contributed by atoms with E-state index in [0.29, 0.717) is 0 Å². The Bertz CT molecular complexity index is 536. The summed E-state index contributed by atoms with van der Waals surface area (Å²) in [6.07, 6.45) is 0.510. The maximum absolute atomic E-state index is 11.6. The SMILES string of the molecule is O=c1ccn([C@@H]2O[C@H](CO)[C@H]3NN[C@H]32)c(=O)[nH]1. The van der Waals surface area contributed by atoms with Crippen molar-refractivity contribution in [2.75, 3.05) is 6.61 Å². The standard InChI is InChI=1S/C9H12N4O4/c14-3-4-6-7(12-11-6)8(17-4)13-2-1-5(15)10-9(13)16/h1-2,4,6-8,11-12,14H,3H2,(H,10,15,16)/t4-,6-,7-,8-/m1/s1. The summed E-state index contributed by atoms with van der Waals surface area (Å²) in [6, 6.07) is 1.15. The van der Waals surface area contributed by atoms with Crippen molar-refractivity contribution < 1.29 is 9.84 Å². The Kier molecular flexibility index (Phi) is 2.37. The van der Waals surface area contributed by atoms with Crippen LogP contribution in [0.2, 0.25) is 0 Å². The molecule has 0 aromatic carbocycles. The van der Waals surface area contributed by atoms with E-state index >= 15 is 0 Å². The van der Waals surface area contributed by atoms with Gasteiger partial charge in [0, 0.05) is 12.3 Å². The number of hydrazine groups is 1. The Labute approximate surface area is 95.2 Å². The number of ether oxygens (including phenoxy) is 1. The number of aliphatic hydroxyl groups excluding tert-OH is 1. The van der Waals surface area contributed by atoms with Crippen molar-refractivity contribution in [1.29, 1.82) is 0 Å². The molecule has 0 bridgehead atoms. The lowest BCUT2D eigenvalue weighted by Crippen LogP contribution is -2.70. The Morgan fingerprint density at radius 2 is 2.12 bits per heavy atom. The van der Waals surface area contributed by atoms with Crippen LogP contribution in [0.25, 0.3) is 0 Å². The van der Waals surface area contributed by atoms with Crippen LogP contribution < -0.4 is 22.1 Å². The number of nitrogens with one attached hydrogen (secondary N) is 3. The highest BCUT2D eigenvalue weighted by molar-refractivity contribution is 5.04. The molecule has 2 aliphatic heterocycles. The number of aromatic amines is 1. The van der Waals surface area contributed by atoms with E-state index in [1.54, 1.807) is 0 Å². The second-order valence-electron chi connectivity index (χ2n) is 4.11. The molecule has 2 fully saturated rings. The quantitative estimate of drug-likeness (QED) is 0.447. The maximum atomic E-state index is 11.6. The Balaban J connectivity index is 1.95. The summed E-state index contributed by atoms with van der Waals surface area (Å²) < 4.78 is 6.88. The van der Waals surface area contributed by atoms with Crippen LogP contribution in [0.3, 0.4) is 0 Å². The first-order valence-electron chi connectivity index (χ1n) is 5.29. The molecule has 92 valence electrons. The first-order valence-corrected chi connectivity index (χ1v) is 5.29. The molecule has 3 rings (SSSR count). The van der Waals surface area contributed by atoms with Crippen molar-refractivity contribution in [2.24, 2.45) is 0 Å². The van der Waals surface area contributed by atoms with E-state index < -0.39 is 17.5 Å². The highest BCUT2D eigenvalue weighted by Gasteiger charge is 2.50. The average Bonchev–Trinajstić information content (AvgIpc) is 2.49. The minimum atomic E-state index is -0.525. The van der Waals surface area contributed by atoms with Crippen LogP contribution in [-0.4, -0.2) is 39.5 Å². The van der Waals surface area contributed by atoms with Crippen molar-refractivity contribution in [3.8, 4) is 0 Å². The molecule has 4 N–H and O–H groups in total. The number of aliphatic hydroxyl groups is 1. The Hall–Kier alpha value is -1.48. The molecule has 2 saturated heterocycles. The van der Waals surface area contributed by atoms with Gasteiger partial charge in [-0.15, -0.1) is 0 Å². The van der Waals surface area contributed by atoms with Gasteiger partial charge in [0.1, 0.15) is 6.10 Å². The molecule has 17 heavy (non-hydrogen) atoms. The summed E-state index contributed by atoms with van der Waals surface area (Å²) in [4.78, 5) is 24.7. The predicted octanol–water partition coefficient (Wildman–Crippen LogP) is -2.73. The normalized spacial score (nSPS) is 35.4. The van der Waals surface area contributed by atoms with Crippen LogP contribution in [0.15, 0.2) is 21.9 Å². The summed E-state index contributed by atoms with van der Waals surface area (Å²) in [5.41, 5.74) is 4.88. The summed E-state index contributed by atoms with van der Waals surface area (Å²) in [6.45, 7) is -0.121. The van der Waals surface area contributed by atoms with E-state index in [-0.39, 0.29) is 24.8 Å². The first kappa shape index (κ1) is 10.7. The highest BCUT2D eigenvalue weighted by Crippen LogP contribution is 2.31. The zero-order valence-electron chi connectivity index (χ0n) is 8.79. The largest absolute Gasteiger partial charge is 0.394 e. The molecule has 0 saturated carbocycles. The van der Waals surface area contributed by atoms with E-state index in [4.69, 9.17) is 9.84 Å². The van der Waals surface area contributed by atoms with Gasteiger partial charge in [0.2, 0.25) is 0 Å². The van der Waals surface area contributed by atoms with E-state index in [1.807, 2.05) is 0 Å². The van der Waals surface area contributed by atoms with Crippen LogP contribution in [-0.2, 0) is 4.74 Å². The maximum Gasteiger partial charge on any atom is 0.330 e. The van der Waals surface area contributed by atoms with E-state index in [0.717, 1.165) is 0 Å². The summed E-state index contributed by atoms with van der Waals surface area (Å²) in [5.74, 6) is 0. The van der Waals surface area contributed by atoms with Gasteiger partial charge in [-0.1, -0.05) is 0 Å². The number of rotatable bonds is 2. The molecule has 4 atom stereocenters. The monoisotopic (exact) mass is 240 g/mol. The zero-order chi connectivity index (χ0) is 12.0.